The van der Waals surface area contributed by atoms with Crippen molar-refractivity contribution in [2.45, 2.75) is 17.6 Å². The van der Waals surface area contributed by atoms with Crippen molar-refractivity contribution in [1.82, 2.24) is 19.6 Å². The fourth-order valence-corrected chi connectivity index (χ4v) is 5.03. The quantitative estimate of drug-likeness (QED) is 0.549. The van der Waals surface area contributed by atoms with Crippen molar-refractivity contribution >= 4 is 43.9 Å². The maximum atomic E-state index is 12.9. The van der Waals surface area contributed by atoms with Crippen LogP contribution in [0.3, 0.4) is 0 Å². The first-order valence-electron chi connectivity index (χ1n) is 7.69. The summed E-state index contributed by atoms with van der Waals surface area (Å²) in [4.78, 5) is 4.56. The van der Waals surface area contributed by atoms with Gasteiger partial charge in [-0.05, 0) is 23.6 Å². The SMILES string of the molecule is CCc1nnc2c(N(C)S(=O)(=O)c3cccs3)nc3ccccc3n12. The molecule has 0 aliphatic rings. The van der Waals surface area contributed by atoms with Gasteiger partial charge in [-0.15, -0.1) is 21.5 Å². The number of fused-ring (bicyclic) bond motifs is 3. The Bertz CT molecular complexity index is 1170. The third-order valence-corrected chi connectivity index (χ3v) is 7.12. The summed E-state index contributed by atoms with van der Waals surface area (Å²) in [5.74, 6) is 1.02. The summed E-state index contributed by atoms with van der Waals surface area (Å²) >= 11 is 1.17. The highest BCUT2D eigenvalue weighted by Gasteiger charge is 2.27. The first-order valence-corrected chi connectivity index (χ1v) is 10.0. The Balaban J connectivity index is 2.03. The van der Waals surface area contributed by atoms with E-state index in [2.05, 4.69) is 15.2 Å². The number of para-hydroxylation sites is 2. The van der Waals surface area contributed by atoms with Gasteiger partial charge in [0.1, 0.15) is 10.0 Å². The lowest BCUT2D eigenvalue weighted by Gasteiger charge is -2.18. The van der Waals surface area contributed by atoms with Gasteiger partial charge >= 0.3 is 0 Å². The zero-order valence-corrected chi connectivity index (χ0v) is 15.3. The number of rotatable bonds is 4. The monoisotopic (exact) mass is 373 g/mol. The molecule has 1 aromatic carbocycles. The lowest BCUT2D eigenvalue weighted by atomic mass is 10.3. The zero-order chi connectivity index (χ0) is 17.6. The van der Waals surface area contributed by atoms with Gasteiger partial charge in [-0.25, -0.2) is 17.7 Å². The number of anilines is 1. The van der Waals surface area contributed by atoms with Crippen LogP contribution in [0.4, 0.5) is 5.82 Å². The van der Waals surface area contributed by atoms with Crippen LogP contribution in [0.15, 0.2) is 46.0 Å². The summed E-state index contributed by atoms with van der Waals surface area (Å²) in [7, 11) is -2.21. The third-order valence-electron chi connectivity index (χ3n) is 4.00. The molecule has 0 unspecified atom stereocenters. The van der Waals surface area contributed by atoms with Crippen molar-refractivity contribution in [2.24, 2.45) is 0 Å². The van der Waals surface area contributed by atoms with Crippen LogP contribution in [0, 0.1) is 0 Å². The molecule has 4 rings (SSSR count). The topological polar surface area (TPSA) is 80.5 Å². The van der Waals surface area contributed by atoms with E-state index in [-0.39, 0.29) is 10.0 Å². The fourth-order valence-electron chi connectivity index (χ4n) is 2.73. The minimum absolute atomic E-state index is 0.262. The number of sulfonamides is 1. The number of hydrogen-bond acceptors (Lipinski definition) is 6. The highest BCUT2D eigenvalue weighted by Crippen LogP contribution is 2.29. The molecule has 0 bridgehead atoms. The van der Waals surface area contributed by atoms with Gasteiger partial charge in [0.2, 0.25) is 5.65 Å². The normalized spacial score (nSPS) is 12.1. The van der Waals surface area contributed by atoms with Crippen LogP contribution in [-0.4, -0.2) is 35.0 Å². The highest BCUT2D eigenvalue weighted by atomic mass is 32.2. The maximum absolute atomic E-state index is 12.9. The molecule has 0 spiro atoms. The van der Waals surface area contributed by atoms with Crippen molar-refractivity contribution in [2.75, 3.05) is 11.4 Å². The van der Waals surface area contributed by atoms with E-state index in [0.29, 0.717) is 17.6 Å². The Labute approximate surface area is 148 Å². The number of hydrogen-bond donors (Lipinski definition) is 0. The standard InChI is InChI=1S/C16H15N5O2S2/c1-3-13-18-19-16-15(17-11-7-4-5-8-12(11)21(13)16)20(2)25(22,23)14-9-6-10-24-14/h4-10H,3H2,1-2H3. The average molecular weight is 373 g/mol. The molecule has 25 heavy (non-hydrogen) atoms. The van der Waals surface area contributed by atoms with Crippen LogP contribution in [0.2, 0.25) is 0 Å². The van der Waals surface area contributed by atoms with Gasteiger partial charge in [0, 0.05) is 13.5 Å². The maximum Gasteiger partial charge on any atom is 0.274 e. The predicted molar refractivity (Wildman–Crippen MR) is 97.6 cm³/mol. The van der Waals surface area contributed by atoms with Gasteiger partial charge in [-0.1, -0.05) is 25.1 Å². The molecule has 7 nitrogen and oxygen atoms in total. The van der Waals surface area contributed by atoms with Crippen molar-refractivity contribution in [3.8, 4) is 0 Å². The number of thiophene rings is 1. The van der Waals surface area contributed by atoms with Crippen molar-refractivity contribution in [3.63, 3.8) is 0 Å². The molecule has 0 atom stereocenters. The third kappa shape index (κ3) is 2.38. The second-order valence-electron chi connectivity index (χ2n) is 5.46. The van der Waals surface area contributed by atoms with Crippen LogP contribution in [0.25, 0.3) is 16.7 Å². The molecule has 128 valence electrons. The largest absolute Gasteiger partial charge is 0.274 e. The second kappa shape index (κ2) is 5.78. The number of nitrogens with zero attached hydrogens (tertiary/aromatic N) is 5. The molecular formula is C16H15N5O2S2. The summed E-state index contributed by atoms with van der Waals surface area (Å²) < 4.78 is 29.1. The summed E-state index contributed by atoms with van der Waals surface area (Å²) in [6.07, 6.45) is 0.677. The Morgan fingerprint density at radius 3 is 2.68 bits per heavy atom. The van der Waals surface area contributed by atoms with Crippen molar-refractivity contribution in [1.29, 1.82) is 0 Å². The van der Waals surface area contributed by atoms with E-state index in [1.54, 1.807) is 17.5 Å². The van der Waals surface area contributed by atoms with Gasteiger partial charge in [-0.3, -0.25) is 4.40 Å². The van der Waals surface area contributed by atoms with Gasteiger partial charge in [0.15, 0.2) is 5.82 Å². The smallest absolute Gasteiger partial charge is 0.274 e. The fraction of sp³-hybridized carbons (Fsp3) is 0.188. The molecule has 0 amide bonds. The summed E-state index contributed by atoms with van der Waals surface area (Å²) in [5.41, 5.74) is 1.97. The molecule has 4 aromatic rings. The first kappa shape index (κ1) is 16.0. The lowest BCUT2D eigenvalue weighted by molar-refractivity contribution is 0.596. The van der Waals surface area contributed by atoms with Crippen LogP contribution >= 0.6 is 11.3 Å². The second-order valence-corrected chi connectivity index (χ2v) is 8.60. The zero-order valence-electron chi connectivity index (χ0n) is 13.6. The van der Waals surface area contributed by atoms with Crippen LogP contribution < -0.4 is 4.31 Å². The van der Waals surface area contributed by atoms with E-state index < -0.39 is 10.0 Å². The van der Waals surface area contributed by atoms with Crippen LogP contribution in [-0.2, 0) is 16.4 Å². The Hall–Kier alpha value is -2.52. The molecule has 0 aliphatic heterocycles. The molecule has 0 radical (unpaired) electrons. The van der Waals surface area contributed by atoms with Gasteiger partial charge in [0.25, 0.3) is 10.0 Å². The van der Waals surface area contributed by atoms with Gasteiger partial charge in [-0.2, -0.15) is 0 Å². The van der Waals surface area contributed by atoms with E-state index in [1.165, 1.54) is 22.7 Å². The summed E-state index contributed by atoms with van der Waals surface area (Å²) in [6.45, 7) is 1.98. The Morgan fingerprint density at radius 1 is 1.16 bits per heavy atom. The summed E-state index contributed by atoms with van der Waals surface area (Å²) in [5, 5.41) is 10.1. The molecular weight excluding hydrogens is 358 g/mol. The highest BCUT2D eigenvalue weighted by molar-refractivity contribution is 7.94. The number of benzene rings is 1. The van der Waals surface area contributed by atoms with Crippen LogP contribution in [0.1, 0.15) is 12.7 Å². The number of aryl methyl sites for hydroxylation is 1. The summed E-state index contributed by atoms with van der Waals surface area (Å²) in [6, 6.07) is 10.8. The molecule has 0 saturated heterocycles. The van der Waals surface area contributed by atoms with E-state index in [0.717, 1.165) is 11.3 Å². The van der Waals surface area contributed by atoms with E-state index in [9.17, 15) is 8.42 Å². The molecule has 0 N–H and O–H groups in total. The number of aromatic nitrogens is 4. The Kier molecular flexibility index (Phi) is 3.69. The van der Waals surface area contributed by atoms with Gasteiger partial charge in [0.05, 0.1) is 11.0 Å². The molecule has 9 heteroatoms. The molecule has 3 aromatic heterocycles. The lowest BCUT2D eigenvalue weighted by Crippen LogP contribution is -2.27. The first-order chi connectivity index (χ1) is 12.0. The molecule has 3 heterocycles. The van der Waals surface area contributed by atoms with Crippen molar-refractivity contribution < 1.29 is 8.42 Å². The minimum Gasteiger partial charge on any atom is -0.274 e. The van der Waals surface area contributed by atoms with Crippen molar-refractivity contribution in [3.05, 3.63) is 47.6 Å². The molecule has 0 fully saturated rings. The molecule has 0 aliphatic carbocycles. The Morgan fingerprint density at radius 2 is 1.96 bits per heavy atom. The van der Waals surface area contributed by atoms with Crippen LogP contribution in [0.5, 0.6) is 0 Å². The average Bonchev–Trinajstić information content (AvgIpc) is 3.30. The minimum atomic E-state index is -3.70. The van der Waals surface area contributed by atoms with Gasteiger partial charge < -0.3 is 0 Å². The van der Waals surface area contributed by atoms with E-state index in [4.69, 9.17) is 0 Å². The van der Waals surface area contributed by atoms with E-state index in [1.807, 2.05) is 35.6 Å². The van der Waals surface area contributed by atoms with E-state index >= 15 is 0 Å². The molecule has 0 saturated carbocycles. The predicted octanol–water partition coefficient (Wildman–Crippen LogP) is 2.73.